The zero-order valence-corrected chi connectivity index (χ0v) is 12.4. The lowest BCUT2D eigenvalue weighted by Crippen LogP contribution is -2.43. The highest BCUT2D eigenvalue weighted by Crippen LogP contribution is 2.24. The van der Waals surface area contributed by atoms with Crippen LogP contribution in [0.4, 0.5) is 5.82 Å². The standard InChI is InChI=1S/C17H23N3/c1-3-13-9-15-11-17(20-7-5-18-6-8-20)19-12-16(15)10-14(13)4-2/h9-12,18H,3-8H2,1-2H3. The first-order valence-electron chi connectivity index (χ1n) is 7.69. The second-order valence-electron chi connectivity index (χ2n) is 5.45. The average Bonchev–Trinajstić information content (AvgIpc) is 2.53. The quantitative estimate of drug-likeness (QED) is 0.928. The number of aryl methyl sites for hydroxylation is 2. The summed E-state index contributed by atoms with van der Waals surface area (Å²) in [6.45, 7) is 8.66. The number of nitrogens with one attached hydrogen (secondary N) is 1. The molecule has 106 valence electrons. The van der Waals surface area contributed by atoms with Crippen LogP contribution in [0.25, 0.3) is 10.8 Å². The molecule has 2 heterocycles. The number of nitrogens with zero attached hydrogens (tertiary/aromatic N) is 2. The Kier molecular flexibility index (Phi) is 3.88. The molecule has 3 nitrogen and oxygen atoms in total. The highest BCUT2D eigenvalue weighted by Gasteiger charge is 2.12. The van der Waals surface area contributed by atoms with Gasteiger partial charge in [0.05, 0.1) is 0 Å². The summed E-state index contributed by atoms with van der Waals surface area (Å²) in [6, 6.07) is 6.91. The number of hydrogen-bond donors (Lipinski definition) is 1. The van der Waals surface area contributed by atoms with Gasteiger partial charge in [-0.25, -0.2) is 4.98 Å². The van der Waals surface area contributed by atoms with Crippen molar-refractivity contribution in [2.24, 2.45) is 0 Å². The number of rotatable bonds is 3. The van der Waals surface area contributed by atoms with Crippen LogP contribution in [0, 0.1) is 0 Å². The Morgan fingerprint density at radius 2 is 1.65 bits per heavy atom. The van der Waals surface area contributed by atoms with Crippen molar-refractivity contribution in [3.05, 3.63) is 35.5 Å². The largest absolute Gasteiger partial charge is 0.354 e. The summed E-state index contributed by atoms with van der Waals surface area (Å²) in [5, 5.41) is 5.97. The maximum absolute atomic E-state index is 4.66. The van der Waals surface area contributed by atoms with Crippen LogP contribution < -0.4 is 10.2 Å². The average molecular weight is 269 g/mol. The van der Waals surface area contributed by atoms with Gasteiger partial charge in [-0.3, -0.25) is 0 Å². The van der Waals surface area contributed by atoms with Crippen LogP contribution in [0.3, 0.4) is 0 Å². The van der Waals surface area contributed by atoms with E-state index in [1.807, 2.05) is 6.20 Å². The van der Waals surface area contributed by atoms with Gasteiger partial charge >= 0.3 is 0 Å². The van der Waals surface area contributed by atoms with E-state index in [-0.39, 0.29) is 0 Å². The van der Waals surface area contributed by atoms with Gasteiger partial charge in [-0.05, 0) is 41.5 Å². The predicted molar refractivity (Wildman–Crippen MR) is 85.6 cm³/mol. The van der Waals surface area contributed by atoms with E-state index in [4.69, 9.17) is 0 Å². The van der Waals surface area contributed by atoms with Crippen molar-refractivity contribution in [1.29, 1.82) is 0 Å². The van der Waals surface area contributed by atoms with E-state index in [0.29, 0.717) is 0 Å². The van der Waals surface area contributed by atoms with Crippen LogP contribution >= 0.6 is 0 Å². The van der Waals surface area contributed by atoms with Crippen LogP contribution in [-0.4, -0.2) is 31.2 Å². The summed E-state index contributed by atoms with van der Waals surface area (Å²) >= 11 is 0. The van der Waals surface area contributed by atoms with Gasteiger partial charge in [0, 0.05) is 37.8 Å². The van der Waals surface area contributed by atoms with Crippen LogP contribution in [0.2, 0.25) is 0 Å². The highest BCUT2D eigenvalue weighted by atomic mass is 15.2. The van der Waals surface area contributed by atoms with E-state index in [0.717, 1.165) is 44.8 Å². The first kappa shape index (κ1) is 13.4. The normalized spacial score (nSPS) is 15.8. The van der Waals surface area contributed by atoms with Gasteiger partial charge in [0.15, 0.2) is 0 Å². The van der Waals surface area contributed by atoms with Gasteiger partial charge in [0.2, 0.25) is 0 Å². The minimum atomic E-state index is 1.05. The third-order valence-electron chi connectivity index (χ3n) is 4.23. The van der Waals surface area contributed by atoms with Gasteiger partial charge < -0.3 is 10.2 Å². The number of benzene rings is 1. The summed E-state index contributed by atoms with van der Waals surface area (Å²) < 4.78 is 0. The van der Waals surface area contributed by atoms with Gasteiger partial charge in [-0.1, -0.05) is 19.9 Å². The lowest BCUT2D eigenvalue weighted by molar-refractivity contribution is 0.585. The predicted octanol–water partition coefficient (Wildman–Crippen LogP) is 2.77. The molecule has 1 fully saturated rings. The minimum absolute atomic E-state index is 1.05. The zero-order valence-electron chi connectivity index (χ0n) is 12.4. The molecule has 1 saturated heterocycles. The molecule has 1 aromatic heterocycles. The lowest BCUT2D eigenvalue weighted by Gasteiger charge is -2.28. The number of piperazine rings is 1. The Morgan fingerprint density at radius 3 is 2.30 bits per heavy atom. The Labute approximate surface area is 121 Å². The van der Waals surface area contributed by atoms with Crippen molar-refractivity contribution in [2.45, 2.75) is 26.7 Å². The monoisotopic (exact) mass is 269 g/mol. The molecular formula is C17H23N3. The number of fused-ring (bicyclic) bond motifs is 1. The van der Waals surface area contributed by atoms with Crippen LogP contribution in [0.1, 0.15) is 25.0 Å². The van der Waals surface area contributed by atoms with Gasteiger partial charge in [0.1, 0.15) is 5.82 Å². The molecule has 0 unspecified atom stereocenters. The molecule has 0 spiro atoms. The van der Waals surface area contributed by atoms with Crippen LogP contribution in [0.5, 0.6) is 0 Å². The summed E-state index contributed by atoms with van der Waals surface area (Å²) in [6.07, 6.45) is 4.23. The van der Waals surface area contributed by atoms with Crippen molar-refractivity contribution in [3.63, 3.8) is 0 Å². The van der Waals surface area contributed by atoms with Gasteiger partial charge in [-0.15, -0.1) is 0 Å². The van der Waals surface area contributed by atoms with Crippen LogP contribution in [0.15, 0.2) is 24.4 Å². The smallest absolute Gasteiger partial charge is 0.129 e. The van der Waals surface area contributed by atoms with E-state index in [9.17, 15) is 0 Å². The Balaban J connectivity index is 2.01. The Hall–Kier alpha value is -1.61. The lowest BCUT2D eigenvalue weighted by atomic mass is 9.98. The van der Waals surface area contributed by atoms with Crippen molar-refractivity contribution in [1.82, 2.24) is 10.3 Å². The Bertz CT molecular complexity index is 600. The molecule has 2 aromatic rings. The summed E-state index contributed by atoms with van der Waals surface area (Å²) in [5.74, 6) is 1.12. The number of pyridine rings is 1. The molecule has 1 aromatic carbocycles. The molecule has 0 radical (unpaired) electrons. The van der Waals surface area contributed by atoms with E-state index in [1.54, 1.807) is 0 Å². The van der Waals surface area contributed by atoms with Crippen LogP contribution in [-0.2, 0) is 12.8 Å². The van der Waals surface area contributed by atoms with Crippen molar-refractivity contribution >= 4 is 16.6 Å². The third-order valence-corrected chi connectivity index (χ3v) is 4.23. The fourth-order valence-corrected chi connectivity index (χ4v) is 3.00. The van der Waals surface area contributed by atoms with Gasteiger partial charge in [0.25, 0.3) is 0 Å². The fraction of sp³-hybridized carbons (Fsp3) is 0.471. The van der Waals surface area contributed by atoms with Crippen molar-refractivity contribution in [3.8, 4) is 0 Å². The molecule has 0 atom stereocenters. The second kappa shape index (κ2) is 5.80. The topological polar surface area (TPSA) is 28.2 Å². The summed E-state index contributed by atoms with van der Waals surface area (Å²) in [4.78, 5) is 7.03. The molecule has 0 aliphatic carbocycles. The van der Waals surface area contributed by atoms with Gasteiger partial charge in [-0.2, -0.15) is 0 Å². The first-order valence-corrected chi connectivity index (χ1v) is 7.69. The SMILES string of the molecule is CCc1cc2cnc(N3CCNCC3)cc2cc1CC. The molecule has 0 saturated carbocycles. The van der Waals surface area contributed by atoms with Crippen molar-refractivity contribution < 1.29 is 0 Å². The second-order valence-corrected chi connectivity index (χ2v) is 5.45. The Morgan fingerprint density at radius 1 is 1.00 bits per heavy atom. The third kappa shape index (κ3) is 2.50. The first-order chi connectivity index (χ1) is 9.81. The maximum atomic E-state index is 4.66. The minimum Gasteiger partial charge on any atom is -0.354 e. The molecule has 1 aliphatic rings. The van der Waals surface area contributed by atoms with E-state index < -0.39 is 0 Å². The number of hydrogen-bond acceptors (Lipinski definition) is 3. The highest BCUT2D eigenvalue weighted by molar-refractivity contribution is 5.85. The van der Waals surface area contributed by atoms with E-state index in [2.05, 4.69) is 47.2 Å². The summed E-state index contributed by atoms with van der Waals surface area (Å²) in [5.41, 5.74) is 2.93. The molecule has 3 rings (SSSR count). The fourth-order valence-electron chi connectivity index (χ4n) is 3.00. The van der Waals surface area contributed by atoms with E-state index in [1.165, 1.54) is 21.9 Å². The number of anilines is 1. The maximum Gasteiger partial charge on any atom is 0.129 e. The molecule has 1 aliphatic heterocycles. The van der Waals surface area contributed by atoms with Crippen molar-refractivity contribution in [2.75, 3.05) is 31.1 Å². The molecular weight excluding hydrogens is 246 g/mol. The molecule has 1 N–H and O–H groups in total. The zero-order chi connectivity index (χ0) is 13.9. The summed E-state index contributed by atoms with van der Waals surface area (Å²) in [7, 11) is 0. The number of aromatic nitrogens is 1. The van der Waals surface area contributed by atoms with E-state index >= 15 is 0 Å². The molecule has 0 bridgehead atoms. The molecule has 3 heteroatoms. The molecule has 20 heavy (non-hydrogen) atoms. The molecule has 0 amide bonds.